The highest BCUT2D eigenvalue weighted by molar-refractivity contribution is 5.90. The number of carbonyl (C=O) groups excluding carboxylic acids is 1. The number of anilines is 2. The van der Waals surface area contributed by atoms with Crippen molar-refractivity contribution in [1.29, 1.82) is 0 Å². The van der Waals surface area contributed by atoms with Gasteiger partial charge in [-0.25, -0.2) is 0 Å². The first-order valence-electron chi connectivity index (χ1n) is 6.60. The molecule has 2 rings (SSSR count). The second-order valence-corrected chi connectivity index (χ2v) is 4.42. The molecule has 110 valence electrons. The molecule has 0 atom stereocenters. The third kappa shape index (κ3) is 4.42. The standard InChI is InChI=1S/C16H18N2O3/c1-20-14-4-2-3-5-15(14)21-11-10-16(19)18-13-8-6-12(17)7-9-13/h2-9H,10-11,17H2,1H3,(H,18,19). The Morgan fingerprint density at radius 1 is 1.10 bits per heavy atom. The van der Waals surface area contributed by atoms with E-state index in [0.717, 1.165) is 0 Å². The molecule has 0 saturated heterocycles. The van der Waals surface area contributed by atoms with E-state index in [9.17, 15) is 4.79 Å². The van der Waals surface area contributed by atoms with Crippen molar-refractivity contribution in [3.8, 4) is 11.5 Å². The number of nitrogens with two attached hydrogens (primary N) is 1. The first-order chi connectivity index (χ1) is 10.2. The summed E-state index contributed by atoms with van der Waals surface area (Å²) < 4.78 is 10.7. The normalized spacial score (nSPS) is 9.95. The number of nitrogen functional groups attached to an aromatic ring is 1. The highest BCUT2D eigenvalue weighted by Crippen LogP contribution is 2.25. The van der Waals surface area contributed by atoms with Gasteiger partial charge in [0.2, 0.25) is 5.91 Å². The summed E-state index contributed by atoms with van der Waals surface area (Å²) in [5, 5.41) is 2.78. The predicted octanol–water partition coefficient (Wildman–Crippen LogP) is 2.69. The monoisotopic (exact) mass is 286 g/mol. The van der Waals surface area contributed by atoms with Crippen molar-refractivity contribution < 1.29 is 14.3 Å². The van der Waals surface area contributed by atoms with E-state index in [-0.39, 0.29) is 18.9 Å². The molecule has 0 bridgehead atoms. The van der Waals surface area contributed by atoms with Crippen molar-refractivity contribution in [2.75, 3.05) is 24.8 Å². The number of methoxy groups -OCH3 is 1. The summed E-state index contributed by atoms with van der Waals surface area (Å²) in [4.78, 5) is 11.8. The maximum absolute atomic E-state index is 11.8. The summed E-state index contributed by atoms with van der Waals surface area (Å²) in [5.41, 5.74) is 6.96. The zero-order valence-corrected chi connectivity index (χ0v) is 11.8. The van der Waals surface area contributed by atoms with Gasteiger partial charge >= 0.3 is 0 Å². The Morgan fingerprint density at radius 2 is 1.76 bits per heavy atom. The lowest BCUT2D eigenvalue weighted by Crippen LogP contribution is -2.15. The van der Waals surface area contributed by atoms with Gasteiger partial charge in [-0.1, -0.05) is 12.1 Å². The number of benzene rings is 2. The number of hydrogen-bond acceptors (Lipinski definition) is 4. The van der Waals surface area contributed by atoms with Crippen LogP contribution in [0.3, 0.4) is 0 Å². The summed E-state index contributed by atoms with van der Waals surface area (Å²) in [5.74, 6) is 1.16. The average Bonchev–Trinajstić information content (AvgIpc) is 2.50. The summed E-state index contributed by atoms with van der Waals surface area (Å²) in [6.07, 6.45) is 0.252. The van der Waals surface area contributed by atoms with Gasteiger partial charge in [0.15, 0.2) is 11.5 Å². The largest absolute Gasteiger partial charge is 0.493 e. The van der Waals surface area contributed by atoms with Crippen LogP contribution in [0.5, 0.6) is 11.5 Å². The minimum absolute atomic E-state index is 0.116. The van der Waals surface area contributed by atoms with Gasteiger partial charge in [0, 0.05) is 11.4 Å². The molecule has 0 aromatic heterocycles. The number of para-hydroxylation sites is 2. The Labute approximate surface area is 123 Å². The lowest BCUT2D eigenvalue weighted by molar-refractivity contribution is -0.116. The summed E-state index contributed by atoms with van der Waals surface area (Å²) in [6.45, 7) is 0.279. The van der Waals surface area contributed by atoms with Gasteiger partial charge < -0.3 is 20.5 Å². The van der Waals surface area contributed by atoms with Crippen LogP contribution in [0.1, 0.15) is 6.42 Å². The zero-order valence-electron chi connectivity index (χ0n) is 11.8. The van der Waals surface area contributed by atoms with Gasteiger partial charge in [0.05, 0.1) is 20.1 Å². The zero-order chi connectivity index (χ0) is 15.1. The van der Waals surface area contributed by atoms with Crippen LogP contribution >= 0.6 is 0 Å². The molecular weight excluding hydrogens is 268 g/mol. The lowest BCUT2D eigenvalue weighted by Gasteiger charge is -2.10. The first kappa shape index (κ1) is 14.7. The molecule has 3 N–H and O–H groups in total. The molecule has 2 aromatic carbocycles. The minimum Gasteiger partial charge on any atom is -0.493 e. The predicted molar refractivity (Wildman–Crippen MR) is 82.6 cm³/mol. The van der Waals surface area contributed by atoms with Gasteiger partial charge in [-0.2, -0.15) is 0 Å². The summed E-state index contributed by atoms with van der Waals surface area (Å²) in [6, 6.07) is 14.3. The fourth-order valence-corrected chi connectivity index (χ4v) is 1.78. The third-order valence-electron chi connectivity index (χ3n) is 2.85. The fraction of sp³-hybridized carbons (Fsp3) is 0.188. The first-order valence-corrected chi connectivity index (χ1v) is 6.60. The van der Waals surface area contributed by atoms with E-state index in [4.69, 9.17) is 15.2 Å². The van der Waals surface area contributed by atoms with Crippen molar-refractivity contribution in [3.05, 3.63) is 48.5 Å². The number of nitrogens with one attached hydrogen (secondary N) is 1. The van der Waals surface area contributed by atoms with Crippen molar-refractivity contribution in [2.45, 2.75) is 6.42 Å². The Kier molecular flexibility index (Phi) is 5.04. The second-order valence-electron chi connectivity index (χ2n) is 4.42. The van der Waals surface area contributed by atoms with E-state index >= 15 is 0 Å². The molecule has 0 saturated carbocycles. The Balaban J connectivity index is 1.80. The molecule has 0 unspecified atom stereocenters. The molecule has 2 aromatic rings. The van der Waals surface area contributed by atoms with Gasteiger partial charge in [0.25, 0.3) is 0 Å². The molecule has 5 nitrogen and oxygen atoms in total. The van der Waals surface area contributed by atoms with Gasteiger partial charge in [-0.3, -0.25) is 4.79 Å². The fourth-order valence-electron chi connectivity index (χ4n) is 1.78. The molecule has 1 amide bonds. The van der Waals surface area contributed by atoms with E-state index < -0.39 is 0 Å². The molecule has 0 radical (unpaired) electrons. The number of rotatable bonds is 6. The maximum Gasteiger partial charge on any atom is 0.227 e. The van der Waals surface area contributed by atoms with Crippen LogP contribution in [-0.4, -0.2) is 19.6 Å². The van der Waals surface area contributed by atoms with Crippen LogP contribution in [0.25, 0.3) is 0 Å². The highest BCUT2D eigenvalue weighted by Gasteiger charge is 2.05. The van der Waals surface area contributed by atoms with E-state index in [1.165, 1.54) is 0 Å². The van der Waals surface area contributed by atoms with Crippen LogP contribution in [0.4, 0.5) is 11.4 Å². The number of carbonyl (C=O) groups is 1. The Hall–Kier alpha value is -2.69. The Bertz CT molecular complexity index is 597. The minimum atomic E-state index is -0.116. The molecule has 0 aliphatic heterocycles. The molecule has 5 heteroatoms. The van der Waals surface area contributed by atoms with E-state index in [1.807, 2.05) is 18.2 Å². The Morgan fingerprint density at radius 3 is 2.43 bits per heavy atom. The third-order valence-corrected chi connectivity index (χ3v) is 2.85. The van der Waals surface area contributed by atoms with E-state index in [2.05, 4.69) is 5.32 Å². The van der Waals surface area contributed by atoms with E-state index in [1.54, 1.807) is 37.4 Å². The van der Waals surface area contributed by atoms with Crippen LogP contribution < -0.4 is 20.5 Å². The summed E-state index contributed by atoms with van der Waals surface area (Å²) >= 11 is 0. The quantitative estimate of drug-likeness (QED) is 0.801. The molecule has 0 fully saturated rings. The molecular formula is C16H18N2O3. The second kappa shape index (κ2) is 7.19. The number of hydrogen-bond donors (Lipinski definition) is 2. The summed E-state index contributed by atoms with van der Waals surface area (Å²) in [7, 11) is 1.58. The number of ether oxygens (including phenoxy) is 2. The van der Waals surface area contributed by atoms with E-state index in [0.29, 0.717) is 22.9 Å². The van der Waals surface area contributed by atoms with Crippen LogP contribution in [0, 0.1) is 0 Å². The molecule has 0 heterocycles. The number of amides is 1. The topological polar surface area (TPSA) is 73.6 Å². The molecule has 0 aliphatic rings. The SMILES string of the molecule is COc1ccccc1OCCC(=O)Nc1ccc(N)cc1. The van der Waals surface area contributed by atoms with Crippen LogP contribution in [0.2, 0.25) is 0 Å². The van der Waals surface area contributed by atoms with Crippen molar-refractivity contribution in [3.63, 3.8) is 0 Å². The van der Waals surface area contributed by atoms with Crippen molar-refractivity contribution >= 4 is 17.3 Å². The molecule has 21 heavy (non-hydrogen) atoms. The molecule has 0 spiro atoms. The highest BCUT2D eigenvalue weighted by atomic mass is 16.5. The van der Waals surface area contributed by atoms with Gasteiger partial charge in [0.1, 0.15) is 0 Å². The van der Waals surface area contributed by atoms with Crippen molar-refractivity contribution in [2.24, 2.45) is 0 Å². The molecule has 0 aliphatic carbocycles. The average molecular weight is 286 g/mol. The lowest BCUT2D eigenvalue weighted by atomic mass is 10.3. The smallest absolute Gasteiger partial charge is 0.227 e. The van der Waals surface area contributed by atoms with Crippen molar-refractivity contribution in [1.82, 2.24) is 0 Å². The maximum atomic E-state index is 11.8. The van der Waals surface area contributed by atoms with Crippen LogP contribution in [0.15, 0.2) is 48.5 Å². The van der Waals surface area contributed by atoms with Gasteiger partial charge in [-0.15, -0.1) is 0 Å². The van der Waals surface area contributed by atoms with Crippen LogP contribution in [-0.2, 0) is 4.79 Å². The van der Waals surface area contributed by atoms with Gasteiger partial charge in [-0.05, 0) is 36.4 Å².